The number of nitrogens with one attached hydrogen (secondary N) is 5. The molecule has 0 fully saturated rings. The van der Waals surface area contributed by atoms with Gasteiger partial charge >= 0.3 is 0 Å². The number of hydrogen-bond donors (Lipinski definition) is 5. The lowest BCUT2D eigenvalue weighted by Crippen LogP contribution is -2.33. The number of halogens is 3. The molecule has 2 aromatic heterocycles. The largest absolute Gasteiger partial charge is 0.373 e. The smallest absolute Gasteiger partial charge is 0.165 e. The number of hydrazine groups is 2. The molecule has 1 atom stereocenters. The topological polar surface area (TPSA) is 110 Å². The van der Waals surface area contributed by atoms with Crippen molar-refractivity contribution in [1.82, 2.24) is 26.4 Å². The Kier molecular flexibility index (Phi) is 6.25. The molecule has 0 bridgehead atoms. The van der Waals surface area contributed by atoms with Gasteiger partial charge in [0.25, 0.3) is 0 Å². The van der Waals surface area contributed by atoms with Crippen molar-refractivity contribution in [3.8, 4) is 6.07 Å². The standard InChI is InChI=1S/C24H17Cl2FN8/c25-17-4-1-5-19(21(17)27)33-22-14(9-28)11-30-24-16(22)7-15(8-18(24)26)32-23(20-12-31-35-34-20)13-3-2-6-29-10-13/h1-8,10-12,23,31-32,34-35H,(H,30,33)/t23-/m0/s1. The van der Waals surface area contributed by atoms with Crippen LogP contribution in [0.15, 0.2) is 73.0 Å². The minimum Gasteiger partial charge on any atom is -0.373 e. The Morgan fingerprint density at radius 3 is 2.71 bits per heavy atom. The monoisotopic (exact) mass is 506 g/mol. The minimum atomic E-state index is -0.626. The molecule has 0 amide bonds. The van der Waals surface area contributed by atoms with Gasteiger partial charge in [0, 0.05) is 35.9 Å². The number of nitrogens with zero attached hydrogens (tertiary/aromatic N) is 3. The van der Waals surface area contributed by atoms with Gasteiger partial charge in [0.1, 0.15) is 6.07 Å². The Hall–Kier alpha value is -4.10. The van der Waals surface area contributed by atoms with Crippen molar-refractivity contribution >= 4 is 51.2 Å². The van der Waals surface area contributed by atoms with Gasteiger partial charge in [-0.3, -0.25) is 9.97 Å². The second kappa shape index (κ2) is 9.64. The molecule has 4 aromatic rings. The van der Waals surface area contributed by atoms with Gasteiger partial charge in [-0.1, -0.05) is 35.3 Å². The van der Waals surface area contributed by atoms with Gasteiger partial charge in [0.15, 0.2) is 5.82 Å². The fraction of sp³-hybridized carbons (Fsp3) is 0.0417. The van der Waals surface area contributed by atoms with E-state index in [1.807, 2.05) is 12.1 Å². The normalized spacial score (nSPS) is 13.4. The number of anilines is 3. The lowest BCUT2D eigenvalue weighted by molar-refractivity contribution is 0.583. The Balaban J connectivity index is 1.62. The summed E-state index contributed by atoms with van der Waals surface area (Å²) in [5, 5.41) is 17.0. The number of pyridine rings is 2. The molecule has 5 N–H and O–H groups in total. The predicted octanol–water partition coefficient (Wildman–Crippen LogP) is 5.30. The van der Waals surface area contributed by atoms with E-state index in [0.29, 0.717) is 27.3 Å². The number of hydrogen-bond acceptors (Lipinski definition) is 8. The molecule has 0 saturated carbocycles. The maximum absolute atomic E-state index is 14.7. The van der Waals surface area contributed by atoms with Gasteiger partial charge in [0.05, 0.1) is 44.2 Å². The van der Waals surface area contributed by atoms with E-state index in [1.165, 1.54) is 18.3 Å². The molecular formula is C24H17Cl2FN8. The highest BCUT2D eigenvalue weighted by Crippen LogP contribution is 2.37. The van der Waals surface area contributed by atoms with Crippen LogP contribution in [0.1, 0.15) is 17.2 Å². The van der Waals surface area contributed by atoms with E-state index in [4.69, 9.17) is 23.2 Å². The Bertz CT molecular complexity index is 1490. The molecule has 1 aliphatic rings. The number of aromatic nitrogens is 2. The van der Waals surface area contributed by atoms with Crippen molar-refractivity contribution in [2.45, 2.75) is 6.04 Å². The number of nitriles is 1. The first-order chi connectivity index (χ1) is 17.0. The molecule has 8 nitrogen and oxygen atoms in total. The zero-order valence-electron chi connectivity index (χ0n) is 17.9. The molecule has 0 unspecified atom stereocenters. The van der Waals surface area contributed by atoms with Crippen LogP contribution in [-0.2, 0) is 0 Å². The van der Waals surface area contributed by atoms with Gasteiger partial charge in [-0.05, 0) is 35.9 Å². The van der Waals surface area contributed by atoms with Crippen LogP contribution in [0.5, 0.6) is 0 Å². The quantitative estimate of drug-likeness (QED) is 0.239. The van der Waals surface area contributed by atoms with Crippen molar-refractivity contribution in [3.63, 3.8) is 0 Å². The summed E-state index contributed by atoms with van der Waals surface area (Å²) < 4.78 is 14.7. The molecule has 11 heteroatoms. The van der Waals surface area contributed by atoms with Crippen LogP contribution in [0.25, 0.3) is 10.9 Å². The molecule has 2 aromatic carbocycles. The Morgan fingerprint density at radius 1 is 1.09 bits per heavy atom. The van der Waals surface area contributed by atoms with E-state index in [2.05, 4.69) is 43.1 Å². The average molecular weight is 507 g/mol. The van der Waals surface area contributed by atoms with Crippen molar-refractivity contribution in [2.24, 2.45) is 0 Å². The van der Waals surface area contributed by atoms with Gasteiger partial charge in [-0.25, -0.2) is 4.39 Å². The summed E-state index contributed by atoms with van der Waals surface area (Å²) in [4.78, 5) is 8.57. The first-order valence-corrected chi connectivity index (χ1v) is 11.2. The summed E-state index contributed by atoms with van der Waals surface area (Å²) in [6.07, 6.45) is 6.64. The van der Waals surface area contributed by atoms with Gasteiger partial charge in [-0.2, -0.15) is 10.8 Å². The van der Waals surface area contributed by atoms with E-state index in [9.17, 15) is 9.65 Å². The summed E-state index contributed by atoms with van der Waals surface area (Å²) in [6, 6.07) is 13.7. The predicted molar refractivity (Wildman–Crippen MR) is 134 cm³/mol. The third kappa shape index (κ3) is 4.50. The lowest BCUT2D eigenvalue weighted by atomic mass is 10.0. The van der Waals surface area contributed by atoms with Crippen LogP contribution in [0.4, 0.5) is 21.5 Å². The summed E-state index contributed by atoms with van der Waals surface area (Å²) in [7, 11) is 0. The van der Waals surface area contributed by atoms with Crippen molar-refractivity contribution in [2.75, 3.05) is 10.6 Å². The van der Waals surface area contributed by atoms with E-state index < -0.39 is 5.82 Å². The molecule has 174 valence electrons. The van der Waals surface area contributed by atoms with Crippen LogP contribution in [-0.4, -0.2) is 9.97 Å². The molecule has 1 aliphatic heterocycles. The third-order valence-electron chi connectivity index (χ3n) is 5.40. The maximum atomic E-state index is 14.7. The summed E-state index contributed by atoms with van der Waals surface area (Å²) in [6.45, 7) is 0. The number of fused-ring (bicyclic) bond motifs is 1. The second-order valence-corrected chi connectivity index (χ2v) is 8.41. The SMILES string of the molecule is N#Cc1cnc2c(Cl)cc(N[C@H](C3=CNNN3)c3cccnc3)cc2c1Nc1cccc(Cl)c1F. The Morgan fingerprint density at radius 2 is 1.97 bits per heavy atom. The lowest BCUT2D eigenvalue weighted by Gasteiger charge is -2.22. The van der Waals surface area contributed by atoms with Gasteiger partial charge in [-0.15, -0.1) is 0 Å². The zero-order chi connectivity index (χ0) is 24.4. The molecule has 5 rings (SSSR count). The van der Waals surface area contributed by atoms with Crippen molar-refractivity contribution in [3.05, 3.63) is 99.9 Å². The molecule has 0 radical (unpaired) electrons. The molecular weight excluding hydrogens is 490 g/mol. The van der Waals surface area contributed by atoms with Crippen molar-refractivity contribution < 1.29 is 4.39 Å². The Labute approximate surface area is 209 Å². The van der Waals surface area contributed by atoms with Crippen LogP contribution >= 0.6 is 23.2 Å². The summed E-state index contributed by atoms with van der Waals surface area (Å²) >= 11 is 12.6. The minimum absolute atomic E-state index is 0.0360. The van der Waals surface area contributed by atoms with Crippen LogP contribution < -0.4 is 27.0 Å². The van der Waals surface area contributed by atoms with E-state index in [1.54, 1.807) is 36.8 Å². The second-order valence-electron chi connectivity index (χ2n) is 7.60. The molecule has 35 heavy (non-hydrogen) atoms. The molecule has 0 aliphatic carbocycles. The van der Waals surface area contributed by atoms with Gasteiger partial charge < -0.3 is 21.5 Å². The zero-order valence-corrected chi connectivity index (χ0v) is 19.4. The third-order valence-corrected chi connectivity index (χ3v) is 5.98. The first kappa shape index (κ1) is 22.7. The average Bonchev–Trinajstić information content (AvgIpc) is 3.41. The molecule has 3 heterocycles. The highest BCUT2D eigenvalue weighted by molar-refractivity contribution is 6.36. The highest BCUT2D eigenvalue weighted by Gasteiger charge is 2.21. The molecule has 0 saturated heterocycles. The van der Waals surface area contributed by atoms with E-state index >= 15 is 0 Å². The van der Waals surface area contributed by atoms with E-state index in [0.717, 1.165) is 11.3 Å². The van der Waals surface area contributed by atoms with Crippen LogP contribution in [0, 0.1) is 17.1 Å². The van der Waals surface area contributed by atoms with Crippen LogP contribution in [0.3, 0.4) is 0 Å². The fourth-order valence-corrected chi connectivity index (χ4v) is 4.21. The van der Waals surface area contributed by atoms with Crippen LogP contribution in [0.2, 0.25) is 10.0 Å². The van der Waals surface area contributed by atoms with E-state index in [-0.39, 0.29) is 22.3 Å². The number of rotatable bonds is 6. The summed E-state index contributed by atoms with van der Waals surface area (Å²) in [5.74, 6) is -0.626. The highest BCUT2D eigenvalue weighted by atomic mass is 35.5. The maximum Gasteiger partial charge on any atom is 0.165 e. The first-order valence-electron chi connectivity index (χ1n) is 10.4. The van der Waals surface area contributed by atoms with Gasteiger partial charge in [0.2, 0.25) is 0 Å². The molecule has 0 spiro atoms. The fourth-order valence-electron chi connectivity index (χ4n) is 3.77. The number of benzene rings is 2. The summed E-state index contributed by atoms with van der Waals surface area (Å²) in [5.41, 5.74) is 12.3. The van der Waals surface area contributed by atoms with Crippen molar-refractivity contribution in [1.29, 1.82) is 5.26 Å².